The van der Waals surface area contributed by atoms with Gasteiger partial charge in [0.1, 0.15) is 24.4 Å². The van der Waals surface area contributed by atoms with Gasteiger partial charge in [0.25, 0.3) is 0 Å². The van der Waals surface area contributed by atoms with E-state index in [2.05, 4.69) is 0 Å². The lowest BCUT2D eigenvalue weighted by atomic mass is 9.81. The summed E-state index contributed by atoms with van der Waals surface area (Å²) in [6.45, 7) is 4.46. The van der Waals surface area contributed by atoms with Crippen LogP contribution in [0.2, 0.25) is 0 Å². The first-order chi connectivity index (χ1) is 15.0. The second-order valence-electron chi connectivity index (χ2n) is 9.40. The summed E-state index contributed by atoms with van der Waals surface area (Å²) in [4.78, 5) is 12.2. The predicted octanol–water partition coefficient (Wildman–Crippen LogP) is -1.62. The van der Waals surface area contributed by atoms with Crippen LogP contribution in [0.4, 0.5) is 0 Å². The van der Waals surface area contributed by atoms with Crippen molar-refractivity contribution in [2.75, 3.05) is 13.2 Å². The molecular formula is C21H34O11. The third-order valence-electron chi connectivity index (χ3n) is 6.47. The Morgan fingerprint density at radius 3 is 2.50 bits per heavy atom. The first kappa shape index (κ1) is 25.3. The van der Waals surface area contributed by atoms with Crippen LogP contribution in [0, 0.1) is 17.8 Å². The molecule has 32 heavy (non-hydrogen) atoms. The Hall–Kier alpha value is -1.31. The molecule has 0 aromatic rings. The second-order valence-corrected chi connectivity index (χ2v) is 9.40. The van der Waals surface area contributed by atoms with Gasteiger partial charge in [0.15, 0.2) is 6.29 Å². The number of aliphatic hydroxyl groups is 6. The van der Waals surface area contributed by atoms with Crippen molar-refractivity contribution in [3.05, 3.63) is 11.8 Å². The van der Waals surface area contributed by atoms with E-state index in [0.29, 0.717) is 5.57 Å². The molecule has 11 heteroatoms. The molecule has 10 atom stereocenters. The quantitative estimate of drug-likeness (QED) is 0.240. The van der Waals surface area contributed by atoms with Crippen molar-refractivity contribution in [1.29, 1.82) is 0 Å². The SMILES string of the molecule is CC(C)CC(=O)O[C@@H]1OC=C(CO[C@@H]2O[C@H](CO)[C@@H](O)[C@H](O)[C@@H]2O)[C@H]2C[C@H](O)[C@@](C)(O)[C@@H]12. The first-order valence-corrected chi connectivity index (χ1v) is 10.8. The highest BCUT2D eigenvalue weighted by Crippen LogP contribution is 2.49. The molecule has 1 saturated heterocycles. The van der Waals surface area contributed by atoms with E-state index in [-0.39, 0.29) is 25.4 Å². The van der Waals surface area contributed by atoms with E-state index >= 15 is 0 Å². The Labute approximate surface area is 186 Å². The summed E-state index contributed by atoms with van der Waals surface area (Å²) in [6.07, 6.45) is -7.58. The van der Waals surface area contributed by atoms with Gasteiger partial charge in [-0.25, -0.2) is 0 Å². The number of hydrogen-bond acceptors (Lipinski definition) is 11. The summed E-state index contributed by atoms with van der Waals surface area (Å²) in [5.74, 6) is -1.60. The van der Waals surface area contributed by atoms with Gasteiger partial charge in [0.2, 0.25) is 6.29 Å². The maximum atomic E-state index is 12.2. The molecule has 11 nitrogen and oxygen atoms in total. The maximum Gasteiger partial charge on any atom is 0.309 e. The van der Waals surface area contributed by atoms with Crippen molar-refractivity contribution in [1.82, 2.24) is 0 Å². The van der Waals surface area contributed by atoms with Crippen LogP contribution in [0.15, 0.2) is 11.8 Å². The highest BCUT2D eigenvalue weighted by Gasteiger charge is 2.58. The molecule has 2 aliphatic heterocycles. The number of hydrogen-bond donors (Lipinski definition) is 6. The normalized spacial score (nSPS) is 44.1. The molecule has 3 rings (SSSR count). The van der Waals surface area contributed by atoms with Gasteiger partial charge in [-0.15, -0.1) is 0 Å². The molecule has 0 radical (unpaired) electrons. The number of carbonyl (C=O) groups is 1. The molecule has 1 saturated carbocycles. The molecule has 3 aliphatic rings. The van der Waals surface area contributed by atoms with Crippen molar-refractivity contribution in [2.45, 2.75) is 82.3 Å². The number of ether oxygens (including phenoxy) is 4. The third-order valence-corrected chi connectivity index (χ3v) is 6.47. The van der Waals surface area contributed by atoms with E-state index in [1.807, 2.05) is 13.8 Å². The van der Waals surface area contributed by atoms with Crippen molar-refractivity contribution < 1.29 is 54.4 Å². The van der Waals surface area contributed by atoms with Gasteiger partial charge in [-0.05, 0) is 24.8 Å². The number of fused-ring (bicyclic) bond motifs is 1. The molecule has 0 spiro atoms. The fraction of sp³-hybridized carbons (Fsp3) is 0.857. The smallest absolute Gasteiger partial charge is 0.309 e. The van der Waals surface area contributed by atoms with Crippen LogP contribution in [0.25, 0.3) is 0 Å². The number of rotatable bonds is 7. The van der Waals surface area contributed by atoms with Crippen LogP contribution >= 0.6 is 0 Å². The Morgan fingerprint density at radius 2 is 1.88 bits per heavy atom. The minimum Gasteiger partial charge on any atom is -0.462 e. The zero-order valence-corrected chi connectivity index (χ0v) is 18.4. The Balaban J connectivity index is 1.72. The molecule has 2 heterocycles. The van der Waals surface area contributed by atoms with Gasteiger partial charge in [-0.2, -0.15) is 0 Å². The lowest BCUT2D eigenvalue weighted by Crippen LogP contribution is -2.59. The zero-order chi connectivity index (χ0) is 23.8. The molecule has 0 unspecified atom stereocenters. The molecule has 2 fully saturated rings. The van der Waals surface area contributed by atoms with E-state index in [9.17, 15) is 35.4 Å². The lowest BCUT2D eigenvalue weighted by Gasteiger charge is -2.41. The fourth-order valence-corrected chi connectivity index (χ4v) is 4.57. The van der Waals surface area contributed by atoms with Gasteiger partial charge >= 0.3 is 5.97 Å². The summed E-state index contributed by atoms with van der Waals surface area (Å²) in [5, 5.41) is 60.6. The standard InChI is InChI=1S/C21H34O11/c1-9(2)4-14(24)32-19-15-11(5-13(23)21(15,3)28)10(7-29-19)8-30-20-18(27)17(26)16(25)12(6-22)31-20/h7,9,11-13,15-20,22-23,25-28H,4-6,8H2,1-3H3/t11-,12-,13+,15-,16-,17+,18+,19+,20-,21-/m1/s1. The number of esters is 1. The molecule has 0 aromatic heterocycles. The van der Waals surface area contributed by atoms with Gasteiger partial charge in [-0.1, -0.05) is 13.8 Å². The van der Waals surface area contributed by atoms with Gasteiger partial charge in [0.05, 0.1) is 37.1 Å². The molecule has 0 aromatic carbocycles. The molecule has 1 aliphatic carbocycles. The third kappa shape index (κ3) is 4.95. The summed E-state index contributed by atoms with van der Waals surface area (Å²) in [6, 6.07) is 0. The molecule has 0 amide bonds. The highest BCUT2D eigenvalue weighted by molar-refractivity contribution is 5.69. The van der Waals surface area contributed by atoms with Gasteiger partial charge in [0, 0.05) is 12.3 Å². The van der Waals surface area contributed by atoms with E-state index < -0.39 is 73.1 Å². The molecule has 184 valence electrons. The summed E-state index contributed by atoms with van der Waals surface area (Å²) in [7, 11) is 0. The summed E-state index contributed by atoms with van der Waals surface area (Å²) in [5.41, 5.74) is -1.06. The fourth-order valence-electron chi connectivity index (χ4n) is 4.57. The molecule has 6 N–H and O–H groups in total. The largest absolute Gasteiger partial charge is 0.462 e. The molecule has 0 bridgehead atoms. The first-order valence-electron chi connectivity index (χ1n) is 10.8. The highest BCUT2D eigenvalue weighted by atomic mass is 16.7. The van der Waals surface area contributed by atoms with E-state index in [1.165, 1.54) is 13.2 Å². The summed E-state index contributed by atoms with van der Waals surface area (Å²) < 4.78 is 22.0. The van der Waals surface area contributed by atoms with Crippen LogP contribution in [-0.4, -0.2) is 98.5 Å². The molecular weight excluding hydrogens is 428 g/mol. The van der Waals surface area contributed by atoms with Crippen molar-refractivity contribution in [3.8, 4) is 0 Å². The maximum absolute atomic E-state index is 12.2. The number of carbonyl (C=O) groups excluding carboxylic acids is 1. The Kier molecular flexibility index (Phi) is 7.83. The Morgan fingerprint density at radius 1 is 1.19 bits per heavy atom. The average molecular weight is 462 g/mol. The van der Waals surface area contributed by atoms with Crippen LogP contribution in [0.5, 0.6) is 0 Å². The van der Waals surface area contributed by atoms with Gasteiger partial charge < -0.3 is 49.6 Å². The van der Waals surface area contributed by atoms with Crippen LogP contribution in [0.1, 0.15) is 33.6 Å². The van der Waals surface area contributed by atoms with Crippen LogP contribution < -0.4 is 0 Å². The second kappa shape index (κ2) is 9.90. The monoisotopic (exact) mass is 462 g/mol. The van der Waals surface area contributed by atoms with E-state index in [1.54, 1.807) is 0 Å². The van der Waals surface area contributed by atoms with Gasteiger partial charge in [-0.3, -0.25) is 4.79 Å². The average Bonchev–Trinajstić information content (AvgIpc) is 2.96. The van der Waals surface area contributed by atoms with Crippen molar-refractivity contribution in [2.24, 2.45) is 17.8 Å². The number of aliphatic hydroxyl groups excluding tert-OH is 5. The van der Waals surface area contributed by atoms with E-state index in [0.717, 1.165) is 0 Å². The minimum absolute atomic E-state index is 0.0783. The van der Waals surface area contributed by atoms with Crippen LogP contribution in [-0.2, 0) is 23.7 Å². The minimum atomic E-state index is -1.59. The summed E-state index contributed by atoms with van der Waals surface area (Å²) >= 11 is 0. The zero-order valence-electron chi connectivity index (χ0n) is 18.4. The predicted molar refractivity (Wildman–Crippen MR) is 106 cm³/mol. The van der Waals surface area contributed by atoms with Crippen molar-refractivity contribution >= 4 is 5.97 Å². The van der Waals surface area contributed by atoms with E-state index in [4.69, 9.17) is 18.9 Å². The van der Waals surface area contributed by atoms with Crippen molar-refractivity contribution in [3.63, 3.8) is 0 Å². The lowest BCUT2D eigenvalue weighted by molar-refractivity contribution is -0.299. The topological polar surface area (TPSA) is 175 Å². The van der Waals surface area contributed by atoms with Crippen LogP contribution in [0.3, 0.4) is 0 Å². The Bertz CT molecular complexity index is 691.